The first-order valence-corrected chi connectivity index (χ1v) is 30.8. The van der Waals surface area contributed by atoms with Crippen LogP contribution >= 0.6 is 0 Å². The highest BCUT2D eigenvalue weighted by atomic mass is 16.5. The fraction of sp³-hybridized carbons (Fsp3) is 0.873. The van der Waals surface area contributed by atoms with Crippen LogP contribution in [0.25, 0.3) is 0 Å². The Bertz CT molecular complexity index is 1120. The van der Waals surface area contributed by atoms with E-state index in [0.29, 0.717) is 19.4 Å². The van der Waals surface area contributed by atoms with Crippen molar-refractivity contribution in [2.45, 2.75) is 341 Å². The summed E-state index contributed by atoms with van der Waals surface area (Å²) >= 11 is 0. The number of allylic oxidation sites excluding steroid dienone is 5. The summed E-state index contributed by atoms with van der Waals surface area (Å²) in [5.41, 5.74) is 0. The fourth-order valence-corrected chi connectivity index (χ4v) is 9.43. The van der Waals surface area contributed by atoms with Gasteiger partial charge in [-0.05, 0) is 64.2 Å². The van der Waals surface area contributed by atoms with Crippen LogP contribution in [0.15, 0.2) is 36.5 Å². The minimum Gasteiger partial charge on any atom is -0.466 e. The average Bonchev–Trinajstić information content (AvgIpc) is 3.35. The number of aliphatic hydroxyl groups excluding tert-OH is 2. The van der Waals surface area contributed by atoms with Crippen LogP contribution in [0.5, 0.6) is 0 Å². The molecule has 0 aromatic carbocycles. The van der Waals surface area contributed by atoms with Crippen LogP contribution in [0.4, 0.5) is 0 Å². The zero-order valence-electron chi connectivity index (χ0n) is 46.3. The van der Waals surface area contributed by atoms with Gasteiger partial charge in [0.25, 0.3) is 0 Å². The highest BCUT2D eigenvalue weighted by Gasteiger charge is 2.18. The van der Waals surface area contributed by atoms with Crippen LogP contribution < -0.4 is 5.32 Å². The summed E-state index contributed by atoms with van der Waals surface area (Å²) in [6.45, 7) is 4.84. The molecular formula is C63H119NO5. The molecule has 0 aliphatic carbocycles. The van der Waals surface area contributed by atoms with Gasteiger partial charge in [0, 0.05) is 12.8 Å². The molecule has 0 radical (unpaired) electrons. The standard InChI is InChI=1S/C63H119NO5/c1-3-5-7-9-11-13-15-17-19-21-23-24-25-26-27-28-29-30-32-34-36-39-43-47-51-55-61(66)60(59-65)64-62(67)56-52-48-44-40-38-42-46-50-54-58-69-63(68)57-53-49-45-41-37-35-33-31-22-20-18-16-14-12-10-8-6-4-2/h14,16,20,22,51,55,60-61,65-66H,3-13,15,17-19,21,23-50,52-54,56-59H2,1-2H3,(H,64,67)/b16-14-,22-20-,55-51+. The Morgan fingerprint density at radius 2 is 0.725 bits per heavy atom. The Labute approximate surface area is 430 Å². The molecule has 69 heavy (non-hydrogen) atoms. The summed E-state index contributed by atoms with van der Waals surface area (Å²) in [5, 5.41) is 23.2. The van der Waals surface area contributed by atoms with Crippen molar-refractivity contribution < 1.29 is 24.5 Å². The van der Waals surface area contributed by atoms with Crippen molar-refractivity contribution in [2.75, 3.05) is 13.2 Å². The van der Waals surface area contributed by atoms with E-state index in [-0.39, 0.29) is 18.5 Å². The molecular weight excluding hydrogens is 851 g/mol. The van der Waals surface area contributed by atoms with Crippen LogP contribution in [-0.4, -0.2) is 47.4 Å². The van der Waals surface area contributed by atoms with Gasteiger partial charge in [0.05, 0.1) is 25.4 Å². The van der Waals surface area contributed by atoms with Crippen molar-refractivity contribution in [3.63, 3.8) is 0 Å². The number of carbonyl (C=O) groups excluding carboxylic acids is 2. The van der Waals surface area contributed by atoms with Gasteiger partial charge in [-0.1, -0.05) is 288 Å². The molecule has 2 unspecified atom stereocenters. The Morgan fingerprint density at radius 3 is 1.12 bits per heavy atom. The zero-order chi connectivity index (χ0) is 50.0. The van der Waals surface area contributed by atoms with E-state index in [1.165, 1.54) is 238 Å². The lowest BCUT2D eigenvalue weighted by Crippen LogP contribution is -2.45. The van der Waals surface area contributed by atoms with Gasteiger partial charge >= 0.3 is 5.97 Å². The molecule has 0 rings (SSSR count). The van der Waals surface area contributed by atoms with Gasteiger partial charge in [0.1, 0.15) is 0 Å². The number of amides is 1. The number of hydrogen-bond donors (Lipinski definition) is 3. The van der Waals surface area contributed by atoms with Crippen molar-refractivity contribution in [3.05, 3.63) is 36.5 Å². The SMILES string of the molecule is CCCCCC/C=C\C/C=C\CCCCCCCCCC(=O)OCCCCCCCCCCCC(=O)NC(CO)C(O)/C=C/CCCCCCCCCCCCCCCCCCCCCCCCC. The topological polar surface area (TPSA) is 95.9 Å². The number of hydrogen-bond acceptors (Lipinski definition) is 5. The predicted octanol–water partition coefficient (Wildman–Crippen LogP) is 19.2. The van der Waals surface area contributed by atoms with E-state index in [1.54, 1.807) is 6.08 Å². The monoisotopic (exact) mass is 970 g/mol. The molecule has 0 aliphatic heterocycles. The van der Waals surface area contributed by atoms with Crippen molar-refractivity contribution in [1.29, 1.82) is 0 Å². The molecule has 2 atom stereocenters. The van der Waals surface area contributed by atoms with E-state index in [0.717, 1.165) is 64.2 Å². The van der Waals surface area contributed by atoms with Crippen molar-refractivity contribution in [1.82, 2.24) is 5.32 Å². The average molecular weight is 971 g/mol. The Kier molecular flexibility index (Phi) is 57.0. The molecule has 0 fully saturated rings. The number of carbonyl (C=O) groups is 2. The van der Waals surface area contributed by atoms with E-state index >= 15 is 0 Å². The number of esters is 1. The lowest BCUT2D eigenvalue weighted by Gasteiger charge is -2.20. The molecule has 0 saturated heterocycles. The molecule has 0 heterocycles. The molecule has 0 spiro atoms. The summed E-state index contributed by atoms with van der Waals surface area (Å²) in [5.74, 6) is -0.127. The van der Waals surface area contributed by atoms with Gasteiger partial charge in [0.2, 0.25) is 5.91 Å². The van der Waals surface area contributed by atoms with E-state index in [4.69, 9.17) is 4.74 Å². The lowest BCUT2D eigenvalue weighted by molar-refractivity contribution is -0.143. The highest BCUT2D eigenvalue weighted by Crippen LogP contribution is 2.17. The second-order valence-corrected chi connectivity index (χ2v) is 21.0. The number of unbranched alkanes of at least 4 members (excludes halogenated alkanes) is 42. The van der Waals surface area contributed by atoms with Crippen LogP contribution in [0.1, 0.15) is 328 Å². The summed E-state index contributed by atoms with van der Waals surface area (Å²) in [4.78, 5) is 24.6. The Morgan fingerprint density at radius 1 is 0.406 bits per heavy atom. The summed E-state index contributed by atoms with van der Waals surface area (Å²) in [6, 6.07) is -0.651. The van der Waals surface area contributed by atoms with E-state index in [2.05, 4.69) is 43.5 Å². The molecule has 0 bridgehead atoms. The molecule has 6 nitrogen and oxygen atoms in total. The minimum atomic E-state index is -0.865. The molecule has 0 aromatic rings. The van der Waals surface area contributed by atoms with E-state index < -0.39 is 12.1 Å². The molecule has 1 amide bonds. The van der Waals surface area contributed by atoms with E-state index in [9.17, 15) is 19.8 Å². The van der Waals surface area contributed by atoms with Crippen molar-refractivity contribution >= 4 is 11.9 Å². The third kappa shape index (κ3) is 55.2. The third-order valence-electron chi connectivity index (χ3n) is 14.2. The quantitative estimate of drug-likeness (QED) is 0.0321. The second-order valence-electron chi connectivity index (χ2n) is 21.0. The first-order valence-electron chi connectivity index (χ1n) is 30.8. The fourth-order valence-electron chi connectivity index (χ4n) is 9.43. The van der Waals surface area contributed by atoms with Crippen LogP contribution in [0.2, 0.25) is 0 Å². The Balaban J connectivity index is 3.50. The molecule has 406 valence electrons. The van der Waals surface area contributed by atoms with Gasteiger partial charge in [-0.2, -0.15) is 0 Å². The minimum absolute atomic E-state index is 0.0338. The summed E-state index contributed by atoms with van der Waals surface area (Å²) < 4.78 is 5.47. The van der Waals surface area contributed by atoms with Gasteiger partial charge in [-0.25, -0.2) is 0 Å². The smallest absolute Gasteiger partial charge is 0.305 e. The second kappa shape index (κ2) is 58.6. The normalized spacial score (nSPS) is 12.8. The molecule has 3 N–H and O–H groups in total. The summed E-state index contributed by atoms with van der Waals surface area (Å²) in [6.07, 6.45) is 73.2. The molecule has 0 saturated carbocycles. The number of nitrogens with one attached hydrogen (secondary N) is 1. The number of ether oxygens (including phenoxy) is 1. The van der Waals surface area contributed by atoms with Crippen LogP contribution in [0, 0.1) is 0 Å². The van der Waals surface area contributed by atoms with Gasteiger partial charge in [-0.3, -0.25) is 9.59 Å². The first-order chi connectivity index (χ1) is 34.0. The molecule has 0 aromatic heterocycles. The lowest BCUT2D eigenvalue weighted by atomic mass is 10.0. The number of aliphatic hydroxyl groups is 2. The van der Waals surface area contributed by atoms with Gasteiger partial charge in [0.15, 0.2) is 0 Å². The van der Waals surface area contributed by atoms with E-state index in [1.807, 2.05) is 6.08 Å². The maximum absolute atomic E-state index is 12.5. The third-order valence-corrected chi connectivity index (χ3v) is 14.2. The maximum atomic E-state index is 12.5. The van der Waals surface area contributed by atoms with Gasteiger partial charge in [-0.15, -0.1) is 0 Å². The predicted molar refractivity (Wildman–Crippen MR) is 301 cm³/mol. The zero-order valence-corrected chi connectivity index (χ0v) is 46.3. The summed E-state index contributed by atoms with van der Waals surface area (Å²) in [7, 11) is 0. The maximum Gasteiger partial charge on any atom is 0.305 e. The van der Waals surface area contributed by atoms with Gasteiger partial charge < -0.3 is 20.3 Å². The first kappa shape index (κ1) is 67.1. The molecule has 6 heteroatoms. The van der Waals surface area contributed by atoms with Crippen LogP contribution in [0.3, 0.4) is 0 Å². The van der Waals surface area contributed by atoms with Crippen molar-refractivity contribution in [2.24, 2.45) is 0 Å². The van der Waals surface area contributed by atoms with Crippen molar-refractivity contribution in [3.8, 4) is 0 Å². The Hall–Kier alpha value is -1.92. The molecule has 0 aliphatic rings. The highest BCUT2D eigenvalue weighted by molar-refractivity contribution is 5.76. The largest absolute Gasteiger partial charge is 0.466 e. The number of rotatable bonds is 57. The van der Waals surface area contributed by atoms with Crippen LogP contribution in [-0.2, 0) is 14.3 Å².